The van der Waals surface area contributed by atoms with Crippen LogP contribution in [0.1, 0.15) is 41.5 Å². The largest absolute Gasteiger partial charge is 0.495 e. The summed E-state index contributed by atoms with van der Waals surface area (Å²) in [4.78, 5) is 3.66. The smallest absolute Gasteiger partial charge is 0.0998 e. The molecule has 3 N–H and O–H groups in total. The number of ether oxygens (including phenoxy) is 1. The van der Waals surface area contributed by atoms with E-state index < -0.39 is 0 Å². The van der Waals surface area contributed by atoms with Gasteiger partial charge in [-0.25, -0.2) is 0 Å². The number of hydrazine groups is 1. The lowest BCUT2D eigenvalue weighted by Gasteiger charge is -2.24. The third-order valence-corrected chi connectivity index (χ3v) is 2.47. The molecule has 0 aromatic rings. The van der Waals surface area contributed by atoms with Crippen LogP contribution in [-0.4, -0.2) is 5.60 Å². The van der Waals surface area contributed by atoms with Crippen molar-refractivity contribution in [2.75, 3.05) is 0 Å². The third-order valence-electron chi connectivity index (χ3n) is 1.43. The Morgan fingerprint density at radius 3 is 2.00 bits per heavy atom. The van der Waals surface area contributed by atoms with Crippen LogP contribution in [0.15, 0.2) is 11.2 Å². The van der Waals surface area contributed by atoms with Gasteiger partial charge in [0.05, 0.1) is 11.9 Å². The summed E-state index contributed by atoms with van der Waals surface area (Å²) in [5.74, 6) is 5.28. The first-order valence-corrected chi connectivity index (χ1v) is 5.49. The second-order valence-electron chi connectivity index (χ2n) is 5.18. The predicted molar refractivity (Wildman–Crippen MR) is 63.3 cm³/mol. The van der Waals surface area contributed by atoms with E-state index in [2.05, 4.69) is 25.6 Å². The van der Waals surface area contributed by atoms with Gasteiger partial charge in [-0.05, 0) is 38.1 Å². The lowest BCUT2D eigenvalue weighted by molar-refractivity contribution is 0.0743. The Kier molecular flexibility index (Phi) is 4.98. The van der Waals surface area contributed by atoms with Crippen LogP contribution in [0, 0.1) is 5.41 Å². The summed E-state index contributed by atoms with van der Waals surface area (Å²) >= 11 is 1.39. The average molecular weight is 218 g/mol. The number of nitrogens with two attached hydrogens (primary N) is 1. The summed E-state index contributed by atoms with van der Waals surface area (Å²) in [5, 5.41) is 0. The fourth-order valence-corrected chi connectivity index (χ4v) is 1.18. The molecule has 0 bridgehead atoms. The summed E-state index contributed by atoms with van der Waals surface area (Å²) in [6, 6.07) is 0. The molecule has 84 valence electrons. The van der Waals surface area contributed by atoms with Crippen LogP contribution in [0.3, 0.4) is 0 Å². The van der Waals surface area contributed by atoms with Gasteiger partial charge in [0.15, 0.2) is 0 Å². The van der Waals surface area contributed by atoms with E-state index in [1.54, 1.807) is 6.26 Å². The van der Waals surface area contributed by atoms with E-state index in [1.165, 1.54) is 11.9 Å². The molecule has 4 heteroatoms. The fraction of sp³-hybridized carbons (Fsp3) is 0.800. The fourth-order valence-electron chi connectivity index (χ4n) is 0.648. The van der Waals surface area contributed by atoms with Crippen molar-refractivity contribution in [2.24, 2.45) is 11.3 Å². The predicted octanol–water partition coefficient (Wildman–Crippen LogP) is 2.80. The van der Waals surface area contributed by atoms with Gasteiger partial charge in [-0.2, -0.15) is 4.83 Å². The van der Waals surface area contributed by atoms with E-state index in [4.69, 9.17) is 10.6 Å². The maximum absolute atomic E-state index is 5.59. The zero-order valence-electron chi connectivity index (χ0n) is 9.97. The van der Waals surface area contributed by atoms with Crippen molar-refractivity contribution in [1.82, 2.24) is 4.83 Å². The van der Waals surface area contributed by atoms with Crippen molar-refractivity contribution in [3.63, 3.8) is 0 Å². The second kappa shape index (κ2) is 5.05. The van der Waals surface area contributed by atoms with Crippen LogP contribution >= 0.6 is 11.9 Å². The van der Waals surface area contributed by atoms with Crippen LogP contribution in [0.5, 0.6) is 0 Å². The normalized spacial score (nSPS) is 14.4. The zero-order chi connectivity index (χ0) is 11.4. The number of hydrogen-bond donors (Lipinski definition) is 2. The maximum atomic E-state index is 5.59. The van der Waals surface area contributed by atoms with Crippen molar-refractivity contribution in [2.45, 2.75) is 47.1 Å². The second-order valence-corrected chi connectivity index (χ2v) is 6.06. The topological polar surface area (TPSA) is 47.3 Å². The monoisotopic (exact) mass is 218 g/mol. The average Bonchev–Trinajstić information content (AvgIpc) is 1.93. The van der Waals surface area contributed by atoms with Gasteiger partial charge in [-0.15, -0.1) is 0 Å². The molecule has 0 spiro atoms. The van der Waals surface area contributed by atoms with Crippen LogP contribution in [0.2, 0.25) is 0 Å². The molecule has 0 saturated heterocycles. The van der Waals surface area contributed by atoms with Crippen molar-refractivity contribution >= 4 is 11.9 Å². The molecule has 0 radical (unpaired) electrons. The summed E-state index contributed by atoms with van der Waals surface area (Å²) in [6.07, 6.45) is 1.78. The van der Waals surface area contributed by atoms with E-state index in [9.17, 15) is 0 Å². The molecule has 0 heterocycles. The molecule has 0 saturated carbocycles. The number of hydrogen-bond acceptors (Lipinski definition) is 4. The van der Waals surface area contributed by atoms with Gasteiger partial charge in [0.1, 0.15) is 0 Å². The molecule has 0 unspecified atom stereocenters. The van der Waals surface area contributed by atoms with E-state index in [0.29, 0.717) is 0 Å². The van der Waals surface area contributed by atoms with Crippen molar-refractivity contribution in [3.05, 3.63) is 11.2 Å². The van der Waals surface area contributed by atoms with Gasteiger partial charge >= 0.3 is 0 Å². The maximum Gasteiger partial charge on any atom is 0.0998 e. The van der Waals surface area contributed by atoms with Crippen molar-refractivity contribution in [1.29, 1.82) is 0 Å². The molecular formula is C10H22N2OS. The van der Waals surface area contributed by atoms with Gasteiger partial charge < -0.3 is 4.74 Å². The van der Waals surface area contributed by atoms with Gasteiger partial charge in [0, 0.05) is 4.91 Å². The molecular weight excluding hydrogens is 196 g/mol. The Labute approximate surface area is 91.6 Å². The third kappa shape index (κ3) is 6.29. The summed E-state index contributed by atoms with van der Waals surface area (Å²) < 4.78 is 5.59. The Morgan fingerprint density at radius 2 is 1.71 bits per heavy atom. The Balaban J connectivity index is 4.50. The number of allylic oxidation sites excluding steroid dienone is 1. The highest BCUT2D eigenvalue weighted by Gasteiger charge is 2.19. The first-order valence-electron chi connectivity index (χ1n) is 4.68. The van der Waals surface area contributed by atoms with Crippen LogP contribution in [0.4, 0.5) is 0 Å². The lowest BCUT2D eigenvalue weighted by atomic mass is 9.97. The minimum atomic E-state index is -0.161. The van der Waals surface area contributed by atoms with Gasteiger partial charge in [0.25, 0.3) is 0 Å². The quantitative estimate of drug-likeness (QED) is 0.331. The van der Waals surface area contributed by atoms with Crippen LogP contribution < -0.4 is 10.7 Å². The van der Waals surface area contributed by atoms with E-state index in [-0.39, 0.29) is 11.0 Å². The highest BCUT2D eigenvalue weighted by molar-refractivity contribution is 8.01. The summed E-state index contributed by atoms with van der Waals surface area (Å²) in [6.45, 7) is 12.4. The Morgan fingerprint density at radius 1 is 1.21 bits per heavy atom. The number of nitrogens with one attached hydrogen (secondary N) is 1. The van der Waals surface area contributed by atoms with Crippen molar-refractivity contribution < 1.29 is 4.74 Å². The molecule has 0 rings (SSSR count). The zero-order valence-corrected chi connectivity index (χ0v) is 10.8. The molecule has 0 aliphatic carbocycles. The van der Waals surface area contributed by atoms with Gasteiger partial charge in [-0.3, -0.25) is 5.84 Å². The van der Waals surface area contributed by atoms with Gasteiger partial charge in [-0.1, -0.05) is 20.8 Å². The molecule has 0 aromatic carbocycles. The van der Waals surface area contributed by atoms with Crippen molar-refractivity contribution in [3.8, 4) is 0 Å². The molecule has 0 amide bonds. The molecule has 14 heavy (non-hydrogen) atoms. The minimum absolute atomic E-state index is 0.0439. The summed E-state index contributed by atoms with van der Waals surface area (Å²) in [5.41, 5.74) is -0.117. The van der Waals surface area contributed by atoms with Crippen LogP contribution in [0.25, 0.3) is 0 Å². The highest BCUT2D eigenvalue weighted by Crippen LogP contribution is 2.33. The SMILES string of the molecule is CC(C)(C)O/C=C(/SNN)C(C)(C)C. The molecule has 0 aromatic heterocycles. The number of rotatable bonds is 3. The van der Waals surface area contributed by atoms with Gasteiger partial charge in [0.2, 0.25) is 0 Å². The Bertz CT molecular complexity index is 201. The minimum Gasteiger partial charge on any atom is -0.495 e. The summed E-state index contributed by atoms with van der Waals surface area (Å²) in [7, 11) is 0. The van der Waals surface area contributed by atoms with E-state index in [1.807, 2.05) is 20.8 Å². The van der Waals surface area contributed by atoms with E-state index in [0.717, 1.165) is 4.91 Å². The standard InChI is InChI=1S/C10H22N2OS/c1-9(2,3)8(14-12-11)7-13-10(4,5)6/h7,12H,11H2,1-6H3/b8-7+. The molecule has 0 atom stereocenters. The lowest BCUT2D eigenvalue weighted by Crippen LogP contribution is -2.20. The Hall–Kier alpha value is -0.190. The highest BCUT2D eigenvalue weighted by atomic mass is 32.2. The molecule has 0 aliphatic heterocycles. The molecule has 3 nitrogen and oxygen atoms in total. The molecule has 0 fully saturated rings. The first-order chi connectivity index (χ1) is 6.17. The van der Waals surface area contributed by atoms with E-state index >= 15 is 0 Å². The molecule has 0 aliphatic rings. The van der Waals surface area contributed by atoms with Crippen LogP contribution in [-0.2, 0) is 4.74 Å². The first kappa shape index (κ1) is 13.8.